The summed E-state index contributed by atoms with van der Waals surface area (Å²) in [6.45, 7) is 10.1. The molecule has 11 N–H and O–H groups in total. The molecule has 3 fully saturated rings. The van der Waals surface area contributed by atoms with Crippen molar-refractivity contribution in [2.75, 3.05) is 73.3 Å². The molecule has 6 aromatic carbocycles. The first-order valence-corrected chi connectivity index (χ1v) is 44.5. The van der Waals surface area contributed by atoms with E-state index >= 15 is 0 Å². The van der Waals surface area contributed by atoms with E-state index in [1.807, 2.05) is 17.4 Å². The minimum Gasteiger partial charge on any atom is -0.495 e. The molecule has 0 saturated heterocycles. The average Bonchev–Trinajstić information content (AvgIpc) is 1.75. The number of nitrogens with two attached hydrogens (primary N) is 2. The van der Waals surface area contributed by atoms with E-state index in [2.05, 4.69) is 67.9 Å². The van der Waals surface area contributed by atoms with Gasteiger partial charge in [0.25, 0.3) is 0 Å². The van der Waals surface area contributed by atoms with Gasteiger partial charge in [0, 0.05) is 35.9 Å². The Balaban J connectivity index is 0.000000191. The molecule has 2 amide bonds. The van der Waals surface area contributed by atoms with Gasteiger partial charge >= 0.3 is 24.2 Å². The Labute approximate surface area is 719 Å². The molecule has 3 aromatic heterocycles. The summed E-state index contributed by atoms with van der Waals surface area (Å²) in [4.78, 5) is 48.3. The number of anilines is 11. The minimum absolute atomic E-state index is 0.0195. The number of carbonyl (C=O) groups excluding carboxylic acids is 2. The summed E-state index contributed by atoms with van der Waals surface area (Å²) in [5, 5.41) is 18.3. The summed E-state index contributed by atoms with van der Waals surface area (Å²) in [6.07, 6.45) is 4.83. The van der Waals surface area contributed by atoms with Gasteiger partial charge in [0.15, 0.2) is 47.0 Å². The summed E-state index contributed by atoms with van der Waals surface area (Å²) in [5.74, 6) is -1.21. The monoisotopic (exact) mass is 1820 g/mol. The van der Waals surface area contributed by atoms with Crippen LogP contribution in [0, 0.1) is 0 Å². The van der Waals surface area contributed by atoms with Crippen LogP contribution in [-0.4, -0.2) is 136 Å². The third kappa shape index (κ3) is 23.3. The molecule has 3 saturated carbocycles. The lowest BCUT2D eigenvalue weighted by atomic mass is 9.78. The number of nitrogen functional groups attached to an aromatic ring is 1. The number of hydrogen-bond donors (Lipinski definition) is 9. The maximum absolute atomic E-state index is 12.9. The number of ether oxygens (including phenoxy) is 3. The van der Waals surface area contributed by atoms with Crippen LogP contribution >= 0.6 is 46.4 Å². The molecular weight excluding hydrogens is 1720 g/mol. The van der Waals surface area contributed by atoms with Crippen molar-refractivity contribution < 1.29 is 75.4 Å². The highest BCUT2D eigenvalue weighted by Crippen LogP contribution is 2.47. The number of para-hydroxylation sites is 3. The summed E-state index contributed by atoms with van der Waals surface area (Å²) < 4.78 is 168. The highest BCUT2D eigenvalue weighted by Gasteiger charge is 2.45. The Hall–Kier alpha value is -9.75. The molecule has 9 aromatic rings. The van der Waals surface area contributed by atoms with Crippen LogP contribution in [0.1, 0.15) is 135 Å². The Bertz CT molecular complexity index is 5520. The lowest BCUT2D eigenvalue weighted by molar-refractivity contribution is -0.173. The molecule has 0 bridgehead atoms. The fourth-order valence-electron chi connectivity index (χ4n) is 14.2. The number of nitrogens with zero attached hydrogens (tertiary/aromatic N) is 6. The van der Waals surface area contributed by atoms with Crippen molar-refractivity contribution in [1.29, 1.82) is 0 Å². The predicted octanol–water partition coefficient (Wildman–Crippen LogP) is 18.4. The molecule has 0 radical (unpaired) electrons. The van der Waals surface area contributed by atoms with Crippen LogP contribution in [0.25, 0.3) is 0 Å². The summed E-state index contributed by atoms with van der Waals surface area (Å²) in [5.41, 5.74) is 16.3. The van der Waals surface area contributed by atoms with Crippen LogP contribution in [0.2, 0.25) is 20.4 Å². The van der Waals surface area contributed by atoms with Gasteiger partial charge in [0.1, 0.15) is 32.3 Å². The summed E-state index contributed by atoms with van der Waals surface area (Å²) in [7, 11) is -5.99. The molecule has 3 heterocycles. The number of hydrogen-bond acceptors (Lipinski definition) is 24. The van der Waals surface area contributed by atoms with E-state index < -0.39 is 80.3 Å². The molecule has 26 nitrogen and oxygen atoms in total. The summed E-state index contributed by atoms with van der Waals surface area (Å²) >= 11 is 24.4. The smallest absolute Gasteiger partial charge is 0.471 e. The van der Waals surface area contributed by atoms with E-state index in [0.717, 1.165) is 80.9 Å². The first-order valence-electron chi connectivity index (χ1n) is 38.4. The SMILES string of the molecule is CC(C)S(=O)(=O)c1ccccc1Nc1nc(Cl)ncc1Cl.COc1ccc(C2(CN)CCCC2)cc1Nc1ncc(Cl)c(Nc2ccccc2S(=O)(=O)C(C)C)n1.COc1ccc(C2(CNC(=O)C(F)(F)F)CCCC2)cc1N.COc1ccc(C2(CNC(=O)C(F)(F)F)CCCC2)cc1Nc1ncc(Cl)c(Nc2ccccc2S(=O)(=O)C(C)C)n1. The normalized spacial score (nSPS) is 14.9. The lowest BCUT2D eigenvalue weighted by Gasteiger charge is -2.31. The highest BCUT2D eigenvalue weighted by molar-refractivity contribution is 7.92. The van der Waals surface area contributed by atoms with E-state index in [1.165, 1.54) is 44.9 Å². The third-order valence-electron chi connectivity index (χ3n) is 21.1. The van der Waals surface area contributed by atoms with Crippen LogP contribution in [-0.2, 0) is 55.3 Å². The zero-order valence-electron chi connectivity index (χ0n) is 67.5. The number of aromatic nitrogens is 6. The first kappa shape index (κ1) is 95.1. The van der Waals surface area contributed by atoms with Gasteiger partial charge in [-0.15, -0.1) is 0 Å². The van der Waals surface area contributed by atoms with Crippen molar-refractivity contribution in [2.24, 2.45) is 5.73 Å². The van der Waals surface area contributed by atoms with E-state index in [9.17, 15) is 61.2 Å². The van der Waals surface area contributed by atoms with Crippen LogP contribution in [0.4, 0.5) is 89.8 Å². The lowest BCUT2D eigenvalue weighted by Crippen LogP contribution is -2.44. The van der Waals surface area contributed by atoms with Gasteiger partial charge in [-0.2, -0.15) is 41.3 Å². The molecule has 0 aliphatic heterocycles. The molecule has 0 spiro atoms. The largest absolute Gasteiger partial charge is 0.495 e. The third-order valence-corrected chi connectivity index (χ3v) is 28.8. The van der Waals surface area contributed by atoms with E-state index in [4.69, 9.17) is 72.1 Å². The van der Waals surface area contributed by atoms with Crippen LogP contribution in [0.5, 0.6) is 17.2 Å². The van der Waals surface area contributed by atoms with Gasteiger partial charge in [0.05, 0.1) is 104 Å². The van der Waals surface area contributed by atoms with E-state index in [-0.39, 0.29) is 82.9 Å². The maximum Gasteiger partial charge on any atom is 0.471 e. The molecule has 12 rings (SSSR count). The van der Waals surface area contributed by atoms with Gasteiger partial charge < -0.3 is 62.9 Å². The minimum atomic E-state index is -4.97. The first-order chi connectivity index (χ1) is 57.1. The molecule has 121 heavy (non-hydrogen) atoms. The molecule has 0 atom stereocenters. The van der Waals surface area contributed by atoms with Crippen molar-refractivity contribution >= 4 is 151 Å². The van der Waals surface area contributed by atoms with E-state index in [0.29, 0.717) is 70.8 Å². The maximum atomic E-state index is 12.9. The number of nitrogens with one attached hydrogen (secondary N) is 7. The second-order valence-electron chi connectivity index (χ2n) is 29.8. The molecule has 0 unspecified atom stereocenters. The van der Waals surface area contributed by atoms with Crippen LogP contribution in [0.3, 0.4) is 0 Å². The molecule has 3 aliphatic rings. The number of amides is 2. The Morgan fingerprint density at radius 3 is 1.06 bits per heavy atom. The van der Waals surface area contributed by atoms with Gasteiger partial charge in [-0.25, -0.2) is 40.2 Å². The van der Waals surface area contributed by atoms with Crippen molar-refractivity contribution in [3.63, 3.8) is 0 Å². The van der Waals surface area contributed by atoms with E-state index in [1.54, 1.807) is 146 Å². The highest BCUT2D eigenvalue weighted by atomic mass is 35.5. The zero-order valence-corrected chi connectivity index (χ0v) is 73.0. The van der Waals surface area contributed by atoms with Crippen molar-refractivity contribution in [3.05, 3.63) is 183 Å². The number of alkyl halides is 6. The fourth-order valence-corrected chi connectivity index (χ4v) is 18.4. The van der Waals surface area contributed by atoms with Crippen LogP contribution in [0.15, 0.2) is 161 Å². The summed E-state index contributed by atoms with van der Waals surface area (Å²) in [6, 6.07) is 36.2. The van der Waals surface area contributed by atoms with Crippen LogP contribution < -0.4 is 62.9 Å². The van der Waals surface area contributed by atoms with Gasteiger partial charge in [-0.05, 0) is 181 Å². The molecule has 652 valence electrons. The predicted molar refractivity (Wildman–Crippen MR) is 460 cm³/mol. The standard InChI is InChI=1S/C28H31ClF3N5O4S.C26H32ClN5O3S.C15H19F3N2O2.C13H13Cl2N3O2S/c1-17(2)42(39,40)23-9-5-4-8-20(23)35-24-19(29)15-33-26(37-24)36-21-14-18(10-11-22(21)41-3)27(12-6-7-13-27)16-34-25(38)28(30,31)32;1-17(2)36(33,34)23-9-5-4-8-20(23)30-24-19(27)15-29-25(32-24)31-21-14-18(10-11-22(21)35-3)26(16-28)12-6-7-13-26;1-22-12-5-4-10(8-11(12)19)14(6-2-3-7-14)9-20-13(21)15(16,17)18;1-8(2)21(19,20)11-6-4-3-5-10(11)17-12-9(14)7-16-13(15)18-12/h4-5,8-11,14-15,17H,6-7,12-13,16H2,1-3H3,(H,34,38)(H2,33,35,36,37);4-5,8-11,14-15,17H,6-7,12-13,16,28H2,1-3H3,(H2,29,30,31,32);4-5,8H,2-3,6-7,9,19H2,1H3,(H,20,21);3-8H,1-2H3,(H,16,17,18). The number of rotatable bonds is 27. The topological polar surface area (TPSA) is 378 Å². The van der Waals surface area contributed by atoms with Gasteiger partial charge in [-0.1, -0.05) is 128 Å². The zero-order chi connectivity index (χ0) is 88.6. The second kappa shape index (κ2) is 40.5. The van der Waals surface area contributed by atoms with Crippen molar-refractivity contribution in [2.45, 2.75) is 178 Å². The number of halogens is 10. The molecule has 39 heteroatoms. The van der Waals surface area contributed by atoms with Crippen molar-refractivity contribution in [3.8, 4) is 17.2 Å². The fraction of sp³-hybridized carbons (Fsp3) is 0.390. The second-order valence-corrected chi connectivity index (χ2v) is 38.8. The van der Waals surface area contributed by atoms with Gasteiger partial charge in [0.2, 0.25) is 17.2 Å². The van der Waals surface area contributed by atoms with Gasteiger partial charge in [-0.3, -0.25) is 9.59 Å². The number of benzene rings is 6. The Kier molecular flexibility index (Phi) is 31.8. The molecular formula is C82H95Cl4F6N15O11S3. The quantitative estimate of drug-likeness (QED) is 0.0131. The molecule has 3 aliphatic carbocycles. The number of sulfone groups is 3. The number of methoxy groups -OCH3 is 3. The Morgan fingerprint density at radius 2 is 0.736 bits per heavy atom. The average molecular weight is 1820 g/mol. The number of carbonyl (C=O) groups is 2. The Morgan fingerprint density at radius 1 is 0.430 bits per heavy atom. The van der Waals surface area contributed by atoms with Crippen molar-refractivity contribution in [1.82, 2.24) is 40.5 Å².